The van der Waals surface area contributed by atoms with Gasteiger partial charge in [0.1, 0.15) is 4.83 Å². The lowest BCUT2D eigenvalue weighted by Crippen LogP contribution is -2.21. The fourth-order valence-electron chi connectivity index (χ4n) is 4.28. The van der Waals surface area contributed by atoms with Crippen molar-refractivity contribution in [3.63, 3.8) is 0 Å². The lowest BCUT2D eigenvalue weighted by molar-refractivity contribution is -0.113. The largest absolute Gasteiger partial charge is 0.341 e. The molecule has 0 saturated carbocycles. The van der Waals surface area contributed by atoms with Crippen molar-refractivity contribution in [1.29, 1.82) is 0 Å². The highest BCUT2D eigenvalue weighted by atomic mass is 32.2. The minimum Gasteiger partial charge on any atom is -0.341 e. The summed E-state index contributed by atoms with van der Waals surface area (Å²) in [7, 11) is 1.71. The first kappa shape index (κ1) is 21.7. The quantitative estimate of drug-likeness (QED) is 0.270. The predicted octanol–water partition coefficient (Wildman–Crippen LogP) is 5.47. The van der Waals surface area contributed by atoms with Gasteiger partial charge in [0, 0.05) is 46.0 Å². The van der Waals surface area contributed by atoms with E-state index in [-0.39, 0.29) is 17.2 Å². The number of aryl methyl sites for hydroxylation is 3. The molecule has 3 heterocycles. The minimum absolute atomic E-state index is 0.0671. The lowest BCUT2D eigenvalue weighted by atomic mass is 10.1. The van der Waals surface area contributed by atoms with Gasteiger partial charge in [-0.2, -0.15) is 0 Å². The normalized spacial score (nSPS) is 11.6. The second-order valence-corrected chi connectivity index (χ2v) is 10.2. The Labute approximate surface area is 199 Å². The van der Waals surface area contributed by atoms with Crippen LogP contribution in [-0.4, -0.2) is 25.8 Å². The first-order valence-electron chi connectivity index (χ1n) is 10.8. The SMILES string of the molecule is CCn1c2ccccc2c2cc(NC(=O)CSc3nc4sc(C)c(C)c4c(=O)n3C)ccc21. The summed E-state index contributed by atoms with van der Waals surface area (Å²) in [6.07, 6.45) is 0. The number of carbonyl (C=O) groups excluding carboxylic acids is 1. The number of aromatic nitrogens is 3. The summed E-state index contributed by atoms with van der Waals surface area (Å²) in [4.78, 5) is 32.0. The number of rotatable bonds is 5. The van der Waals surface area contributed by atoms with E-state index in [0.29, 0.717) is 10.5 Å². The number of amides is 1. The second kappa shape index (κ2) is 8.35. The third-order valence-electron chi connectivity index (χ3n) is 6.07. The third-order valence-corrected chi connectivity index (χ3v) is 8.21. The molecule has 0 radical (unpaired) electrons. The number of carbonyl (C=O) groups is 1. The van der Waals surface area contributed by atoms with E-state index in [0.717, 1.165) is 38.4 Å². The number of hydrogen-bond acceptors (Lipinski definition) is 5. The Bertz CT molecular complexity index is 1610. The number of fused-ring (bicyclic) bond motifs is 4. The third kappa shape index (κ3) is 3.63. The van der Waals surface area contributed by atoms with Crippen molar-refractivity contribution in [2.24, 2.45) is 7.05 Å². The average molecular weight is 477 g/mol. The maximum absolute atomic E-state index is 12.8. The van der Waals surface area contributed by atoms with Crippen LogP contribution in [0, 0.1) is 13.8 Å². The zero-order valence-electron chi connectivity index (χ0n) is 18.9. The number of thiophene rings is 1. The monoisotopic (exact) mass is 476 g/mol. The molecule has 0 spiro atoms. The molecule has 168 valence electrons. The molecule has 0 unspecified atom stereocenters. The molecule has 0 bridgehead atoms. The van der Waals surface area contributed by atoms with E-state index >= 15 is 0 Å². The van der Waals surface area contributed by atoms with Crippen LogP contribution in [-0.2, 0) is 18.4 Å². The highest BCUT2D eigenvalue weighted by Crippen LogP contribution is 2.31. The summed E-state index contributed by atoms with van der Waals surface area (Å²) in [5, 5.41) is 6.52. The summed E-state index contributed by atoms with van der Waals surface area (Å²) in [6, 6.07) is 14.3. The molecule has 6 nitrogen and oxygen atoms in total. The Kier molecular flexibility index (Phi) is 5.50. The van der Waals surface area contributed by atoms with Gasteiger partial charge in [0.15, 0.2) is 5.16 Å². The van der Waals surface area contributed by atoms with Gasteiger partial charge in [0.2, 0.25) is 5.91 Å². The fraction of sp³-hybridized carbons (Fsp3) is 0.240. The molecular weight excluding hydrogens is 452 g/mol. The Balaban J connectivity index is 1.38. The van der Waals surface area contributed by atoms with Crippen LogP contribution in [0.1, 0.15) is 17.4 Å². The van der Waals surface area contributed by atoms with Gasteiger partial charge in [-0.05, 0) is 50.6 Å². The van der Waals surface area contributed by atoms with Crippen LogP contribution in [0.4, 0.5) is 5.69 Å². The number of benzene rings is 2. The Morgan fingerprint density at radius 3 is 2.67 bits per heavy atom. The Morgan fingerprint density at radius 2 is 1.88 bits per heavy atom. The van der Waals surface area contributed by atoms with E-state index in [1.165, 1.54) is 38.6 Å². The van der Waals surface area contributed by atoms with Gasteiger partial charge in [0.25, 0.3) is 5.56 Å². The van der Waals surface area contributed by atoms with Gasteiger partial charge in [-0.1, -0.05) is 30.0 Å². The van der Waals surface area contributed by atoms with E-state index in [4.69, 9.17) is 0 Å². The maximum Gasteiger partial charge on any atom is 0.262 e. The molecule has 0 aliphatic rings. The van der Waals surface area contributed by atoms with Gasteiger partial charge in [-0.3, -0.25) is 14.2 Å². The molecule has 3 aromatic heterocycles. The van der Waals surface area contributed by atoms with E-state index in [1.54, 1.807) is 7.05 Å². The summed E-state index contributed by atoms with van der Waals surface area (Å²) in [5.74, 6) is 0.0376. The average Bonchev–Trinajstić information content (AvgIpc) is 3.28. The summed E-state index contributed by atoms with van der Waals surface area (Å²) in [6.45, 7) is 6.96. The summed E-state index contributed by atoms with van der Waals surface area (Å²) < 4.78 is 3.81. The van der Waals surface area contributed by atoms with Crippen LogP contribution in [0.3, 0.4) is 0 Å². The predicted molar refractivity (Wildman–Crippen MR) is 139 cm³/mol. The van der Waals surface area contributed by atoms with E-state index in [9.17, 15) is 9.59 Å². The van der Waals surface area contributed by atoms with Crippen LogP contribution in [0.25, 0.3) is 32.0 Å². The van der Waals surface area contributed by atoms with E-state index in [1.807, 2.05) is 38.1 Å². The molecule has 0 atom stereocenters. The molecule has 0 saturated heterocycles. The van der Waals surface area contributed by atoms with Crippen LogP contribution < -0.4 is 10.9 Å². The van der Waals surface area contributed by atoms with Crippen LogP contribution in [0.2, 0.25) is 0 Å². The lowest BCUT2D eigenvalue weighted by Gasteiger charge is -2.09. The van der Waals surface area contributed by atoms with Crippen LogP contribution in [0.15, 0.2) is 52.4 Å². The standard InChI is InChI=1S/C25H24N4O2S2/c1-5-29-19-9-7-6-8-17(19)18-12-16(10-11-20(18)29)26-21(30)13-32-25-27-23-22(24(31)28(25)4)14(2)15(3)33-23/h6-12H,5,13H2,1-4H3,(H,26,30). The number of nitrogens with one attached hydrogen (secondary N) is 1. The van der Waals surface area contributed by atoms with E-state index in [2.05, 4.69) is 40.0 Å². The molecule has 5 aromatic rings. The van der Waals surface area contributed by atoms with Crippen LogP contribution in [0.5, 0.6) is 0 Å². The van der Waals surface area contributed by atoms with Crippen molar-refractivity contribution in [3.05, 3.63) is 63.3 Å². The van der Waals surface area contributed by atoms with Crippen molar-refractivity contribution >= 4 is 66.7 Å². The Hall–Kier alpha value is -3.10. The topological polar surface area (TPSA) is 68.9 Å². The molecule has 0 fully saturated rings. The van der Waals surface area contributed by atoms with Gasteiger partial charge < -0.3 is 9.88 Å². The molecule has 33 heavy (non-hydrogen) atoms. The zero-order chi connectivity index (χ0) is 23.3. The fourth-order valence-corrected chi connectivity index (χ4v) is 6.13. The van der Waals surface area contributed by atoms with Crippen molar-refractivity contribution in [2.45, 2.75) is 32.5 Å². The smallest absolute Gasteiger partial charge is 0.262 e. The number of anilines is 1. The van der Waals surface area contributed by atoms with E-state index < -0.39 is 0 Å². The highest BCUT2D eigenvalue weighted by Gasteiger charge is 2.16. The highest BCUT2D eigenvalue weighted by molar-refractivity contribution is 7.99. The molecule has 5 rings (SSSR count). The molecule has 0 aliphatic heterocycles. The van der Waals surface area contributed by atoms with Crippen LogP contribution >= 0.6 is 23.1 Å². The minimum atomic E-state index is -0.133. The maximum atomic E-state index is 12.8. The van der Waals surface area contributed by atoms with Crippen molar-refractivity contribution in [1.82, 2.24) is 14.1 Å². The Morgan fingerprint density at radius 1 is 1.12 bits per heavy atom. The van der Waals surface area contributed by atoms with Gasteiger partial charge in [-0.25, -0.2) is 4.98 Å². The zero-order valence-corrected chi connectivity index (χ0v) is 20.6. The molecule has 0 aliphatic carbocycles. The second-order valence-electron chi connectivity index (χ2n) is 8.05. The van der Waals surface area contributed by atoms with Gasteiger partial charge in [-0.15, -0.1) is 11.3 Å². The molecule has 2 aromatic carbocycles. The number of thioether (sulfide) groups is 1. The summed E-state index contributed by atoms with van der Waals surface area (Å²) >= 11 is 2.79. The first-order chi connectivity index (χ1) is 15.9. The molecule has 1 N–H and O–H groups in total. The van der Waals surface area contributed by atoms with Gasteiger partial charge in [0.05, 0.1) is 11.1 Å². The number of hydrogen-bond donors (Lipinski definition) is 1. The number of nitrogens with zero attached hydrogens (tertiary/aromatic N) is 3. The molecule has 1 amide bonds. The van der Waals surface area contributed by atoms with Crippen molar-refractivity contribution in [2.75, 3.05) is 11.1 Å². The van der Waals surface area contributed by atoms with Gasteiger partial charge >= 0.3 is 0 Å². The number of para-hydroxylation sites is 1. The first-order valence-corrected chi connectivity index (χ1v) is 12.6. The summed E-state index contributed by atoms with van der Waals surface area (Å²) in [5.41, 5.74) is 4.02. The molecular formula is C25H24N4O2S2. The molecule has 8 heteroatoms. The van der Waals surface area contributed by atoms with Crippen molar-refractivity contribution in [3.8, 4) is 0 Å². The van der Waals surface area contributed by atoms with Crippen molar-refractivity contribution < 1.29 is 4.79 Å².